The summed E-state index contributed by atoms with van der Waals surface area (Å²) in [6.45, 7) is 3.26. The summed E-state index contributed by atoms with van der Waals surface area (Å²) in [6.07, 6.45) is 0. The first-order valence-electron chi connectivity index (χ1n) is 9.22. The molecule has 160 valence electrons. The van der Waals surface area contributed by atoms with Gasteiger partial charge in [-0.2, -0.15) is 0 Å². The van der Waals surface area contributed by atoms with Crippen molar-refractivity contribution in [1.29, 1.82) is 0 Å². The molecule has 31 heavy (non-hydrogen) atoms. The second-order valence-electron chi connectivity index (χ2n) is 6.82. The van der Waals surface area contributed by atoms with Crippen LogP contribution in [-0.4, -0.2) is 20.2 Å². The van der Waals surface area contributed by atoms with Gasteiger partial charge in [0.1, 0.15) is 0 Å². The van der Waals surface area contributed by atoms with Crippen LogP contribution >= 0.6 is 11.6 Å². The molecule has 0 unspecified atom stereocenters. The monoisotopic (exact) mass is 457 g/mol. The average Bonchev–Trinajstić information content (AvgIpc) is 2.71. The third-order valence-corrected chi connectivity index (χ3v) is 5.90. The molecule has 9 heteroatoms. The van der Waals surface area contributed by atoms with Crippen molar-refractivity contribution in [3.05, 3.63) is 82.9 Å². The zero-order valence-electron chi connectivity index (χ0n) is 16.8. The first-order chi connectivity index (χ1) is 14.6. The maximum Gasteiger partial charge on any atom is 0.261 e. The van der Waals surface area contributed by atoms with Crippen LogP contribution in [0.1, 0.15) is 22.8 Å². The van der Waals surface area contributed by atoms with Crippen molar-refractivity contribution in [3.8, 4) is 0 Å². The van der Waals surface area contributed by atoms with Crippen molar-refractivity contribution in [2.45, 2.75) is 18.7 Å². The largest absolute Gasteiger partial charge is 0.325 e. The molecule has 3 aromatic carbocycles. The van der Waals surface area contributed by atoms with Crippen molar-refractivity contribution in [2.75, 3.05) is 15.4 Å². The van der Waals surface area contributed by atoms with E-state index >= 15 is 0 Å². The van der Waals surface area contributed by atoms with Gasteiger partial charge in [-0.1, -0.05) is 29.3 Å². The maximum absolute atomic E-state index is 12.6. The summed E-state index contributed by atoms with van der Waals surface area (Å²) in [5, 5.41) is 5.67. The molecule has 0 aliphatic heterocycles. The number of amides is 2. The van der Waals surface area contributed by atoms with Gasteiger partial charge in [0.2, 0.25) is 5.91 Å². The van der Waals surface area contributed by atoms with Gasteiger partial charge >= 0.3 is 0 Å². The molecule has 3 rings (SSSR count). The quantitative estimate of drug-likeness (QED) is 0.500. The van der Waals surface area contributed by atoms with Crippen LogP contribution in [0.4, 0.5) is 17.1 Å². The van der Waals surface area contributed by atoms with Gasteiger partial charge in [0.15, 0.2) is 0 Å². The van der Waals surface area contributed by atoms with E-state index in [0.29, 0.717) is 22.1 Å². The zero-order chi connectivity index (χ0) is 22.6. The highest BCUT2D eigenvalue weighted by atomic mass is 35.5. The number of aryl methyl sites for hydroxylation is 1. The molecule has 0 aliphatic rings. The molecule has 0 radical (unpaired) electrons. The second-order valence-corrected chi connectivity index (χ2v) is 8.94. The third-order valence-electron chi connectivity index (χ3n) is 4.27. The molecule has 3 aromatic rings. The SMILES string of the molecule is CC(=O)Nc1ccc(Cl)cc1NC(=O)c1ccc(S(=O)(=O)Nc2ccc(C)cc2)cc1. The molecule has 0 spiro atoms. The lowest BCUT2D eigenvalue weighted by Crippen LogP contribution is -2.16. The molecule has 0 fully saturated rings. The number of nitrogens with one attached hydrogen (secondary N) is 3. The Labute approximate surface area is 185 Å². The van der Waals surface area contributed by atoms with Gasteiger partial charge < -0.3 is 10.6 Å². The minimum absolute atomic E-state index is 0.0197. The van der Waals surface area contributed by atoms with E-state index in [1.807, 2.05) is 6.92 Å². The standard InChI is InChI=1S/C22H20ClN3O4S/c1-14-3-8-18(9-4-14)26-31(29,30)19-10-5-16(6-11-19)22(28)25-21-13-17(23)7-12-20(21)24-15(2)27/h3-13,26H,1-2H3,(H,24,27)(H,25,28). The van der Waals surface area contributed by atoms with Crippen LogP contribution in [0, 0.1) is 6.92 Å². The summed E-state index contributed by atoms with van der Waals surface area (Å²) in [5.41, 5.74) is 2.42. The van der Waals surface area contributed by atoms with E-state index in [9.17, 15) is 18.0 Å². The number of benzene rings is 3. The summed E-state index contributed by atoms with van der Waals surface area (Å²) >= 11 is 5.99. The van der Waals surface area contributed by atoms with E-state index < -0.39 is 15.9 Å². The van der Waals surface area contributed by atoms with Gasteiger partial charge in [-0.3, -0.25) is 14.3 Å². The fourth-order valence-corrected chi connectivity index (χ4v) is 3.96. The van der Waals surface area contributed by atoms with Crippen LogP contribution in [0.2, 0.25) is 5.02 Å². The molecule has 0 saturated heterocycles. The molecule has 7 nitrogen and oxygen atoms in total. The summed E-state index contributed by atoms with van der Waals surface area (Å²) in [5.74, 6) is -0.780. The van der Waals surface area contributed by atoms with E-state index in [2.05, 4.69) is 15.4 Å². The number of carbonyl (C=O) groups is 2. The molecule has 0 aliphatic carbocycles. The van der Waals surface area contributed by atoms with Gasteiger partial charge in [0.05, 0.1) is 16.3 Å². The Balaban J connectivity index is 1.77. The Morgan fingerprint density at radius 1 is 0.839 bits per heavy atom. The number of hydrogen-bond acceptors (Lipinski definition) is 4. The molecular formula is C22H20ClN3O4S. The Morgan fingerprint density at radius 3 is 2.10 bits per heavy atom. The minimum Gasteiger partial charge on any atom is -0.325 e. The van der Waals surface area contributed by atoms with Gasteiger partial charge in [-0.15, -0.1) is 0 Å². The first-order valence-corrected chi connectivity index (χ1v) is 11.1. The Kier molecular flexibility index (Phi) is 6.62. The van der Waals surface area contributed by atoms with Crippen LogP contribution < -0.4 is 15.4 Å². The topological polar surface area (TPSA) is 104 Å². The van der Waals surface area contributed by atoms with Crippen molar-refractivity contribution in [1.82, 2.24) is 0 Å². The highest BCUT2D eigenvalue weighted by Crippen LogP contribution is 2.26. The molecule has 0 atom stereocenters. The molecule has 0 heterocycles. The highest BCUT2D eigenvalue weighted by Gasteiger charge is 2.16. The summed E-state index contributed by atoms with van der Waals surface area (Å²) in [7, 11) is -3.80. The maximum atomic E-state index is 12.6. The van der Waals surface area contributed by atoms with E-state index in [1.165, 1.54) is 37.3 Å². The molecule has 3 N–H and O–H groups in total. The Hall–Kier alpha value is -3.36. The Morgan fingerprint density at radius 2 is 1.48 bits per heavy atom. The molecular weight excluding hydrogens is 438 g/mol. The fraction of sp³-hybridized carbons (Fsp3) is 0.0909. The van der Waals surface area contributed by atoms with Gasteiger partial charge in [0.25, 0.3) is 15.9 Å². The number of rotatable bonds is 6. The van der Waals surface area contributed by atoms with Crippen LogP contribution in [0.15, 0.2) is 71.6 Å². The molecule has 2 amide bonds. The van der Waals surface area contributed by atoms with E-state index in [-0.39, 0.29) is 16.4 Å². The highest BCUT2D eigenvalue weighted by molar-refractivity contribution is 7.92. The van der Waals surface area contributed by atoms with Crippen molar-refractivity contribution in [3.63, 3.8) is 0 Å². The lowest BCUT2D eigenvalue weighted by molar-refractivity contribution is -0.114. The smallest absolute Gasteiger partial charge is 0.261 e. The normalized spacial score (nSPS) is 10.9. The number of halogens is 1. The van der Waals surface area contributed by atoms with E-state index in [0.717, 1.165) is 5.56 Å². The van der Waals surface area contributed by atoms with Crippen molar-refractivity contribution >= 4 is 50.5 Å². The van der Waals surface area contributed by atoms with E-state index in [4.69, 9.17) is 11.6 Å². The molecule has 0 aromatic heterocycles. The predicted molar refractivity (Wildman–Crippen MR) is 122 cm³/mol. The lowest BCUT2D eigenvalue weighted by atomic mass is 10.2. The van der Waals surface area contributed by atoms with Gasteiger partial charge in [-0.05, 0) is 61.5 Å². The van der Waals surface area contributed by atoms with Crippen molar-refractivity contribution < 1.29 is 18.0 Å². The van der Waals surface area contributed by atoms with E-state index in [1.54, 1.807) is 36.4 Å². The number of carbonyl (C=O) groups excluding carboxylic acids is 2. The van der Waals surface area contributed by atoms with Crippen molar-refractivity contribution in [2.24, 2.45) is 0 Å². The molecule has 0 bridgehead atoms. The number of sulfonamides is 1. The summed E-state index contributed by atoms with van der Waals surface area (Å²) in [4.78, 5) is 24.0. The van der Waals surface area contributed by atoms with Gasteiger partial charge in [-0.25, -0.2) is 8.42 Å². The van der Waals surface area contributed by atoms with Crippen LogP contribution in [0.3, 0.4) is 0 Å². The number of anilines is 3. The predicted octanol–water partition coefficient (Wildman–Crippen LogP) is 4.66. The van der Waals surface area contributed by atoms with Gasteiger partial charge in [0, 0.05) is 23.2 Å². The summed E-state index contributed by atoms with van der Waals surface area (Å²) in [6, 6.07) is 17.1. The fourth-order valence-electron chi connectivity index (χ4n) is 2.73. The molecule has 0 saturated carbocycles. The lowest BCUT2D eigenvalue weighted by Gasteiger charge is -2.12. The second kappa shape index (κ2) is 9.20. The third kappa shape index (κ3) is 5.84. The van der Waals surface area contributed by atoms with Crippen LogP contribution in [0.25, 0.3) is 0 Å². The zero-order valence-corrected chi connectivity index (χ0v) is 18.3. The first kappa shape index (κ1) is 22.3. The van der Waals surface area contributed by atoms with Crippen LogP contribution in [-0.2, 0) is 14.8 Å². The Bertz CT molecular complexity index is 1220. The number of hydrogen-bond donors (Lipinski definition) is 3. The minimum atomic E-state index is -3.80. The summed E-state index contributed by atoms with van der Waals surface area (Å²) < 4.78 is 27.7. The average molecular weight is 458 g/mol. The van der Waals surface area contributed by atoms with Crippen LogP contribution in [0.5, 0.6) is 0 Å².